The van der Waals surface area contributed by atoms with E-state index in [1.54, 1.807) is 0 Å². The molecule has 3 aromatic rings. The van der Waals surface area contributed by atoms with E-state index in [0.29, 0.717) is 11.7 Å². The average Bonchev–Trinajstić information content (AvgIpc) is 2.98. The first kappa shape index (κ1) is 13.4. The molecule has 3 rings (SSSR count). The van der Waals surface area contributed by atoms with Gasteiger partial charge < -0.3 is 9.42 Å². The lowest BCUT2D eigenvalue weighted by Gasteiger charge is -2.11. The van der Waals surface area contributed by atoms with Crippen LogP contribution >= 0.6 is 0 Å². The summed E-state index contributed by atoms with van der Waals surface area (Å²) in [7, 11) is 4.03. The standard InChI is InChI=1S/C17H17N3O/c1-12-4-6-14(7-5-12)17-18-16(19-21-17)13-8-10-15(11-9-13)20(2)3/h4-11H,1-3H3. The minimum Gasteiger partial charge on any atom is -0.378 e. The van der Waals surface area contributed by atoms with Crippen LogP contribution in [0.25, 0.3) is 22.8 Å². The highest BCUT2D eigenvalue weighted by atomic mass is 16.5. The highest BCUT2D eigenvalue weighted by Crippen LogP contribution is 2.24. The van der Waals surface area contributed by atoms with Crippen LogP contribution in [0.5, 0.6) is 0 Å². The first-order valence-corrected chi connectivity index (χ1v) is 6.82. The maximum Gasteiger partial charge on any atom is 0.258 e. The summed E-state index contributed by atoms with van der Waals surface area (Å²) in [5, 5.41) is 4.06. The van der Waals surface area contributed by atoms with E-state index in [4.69, 9.17) is 4.52 Å². The Balaban J connectivity index is 1.89. The number of anilines is 1. The second-order valence-corrected chi connectivity index (χ2v) is 5.23. The van der Waals surface area contributed by atoms with Crippen LogP contribution in [0.1, 0.15) is 5.56 Å². The molecule has 0 atom stereocenters. The molecular formula is C17H17N3O. The predicted molar refractivity (Wildman–Crippen MR) is 84.2 cm³/mol. The molecular weight excluding hydrogens is 262 g/mol. The Morgan fingerprint density at radius 3 is 2.10 bits per heavy atom. The summed E-state index contributed by atoms with van der Waals surface area (Å²) < 4.78 is 5.35. The van der Waals surface area contributed by atoms with Gasteiger partial charge in [0.05, 0.1) is 0 Å². The second-order valence-electron chi connectivity index (χ2n) is 5.23. The molecule has 21 heavy (non-hydrogen) atoms. The largest absolute Gasteiger partial charge is 0.378 e. The zero-order valence-electron chi connectivity index (χ0n) is 12.4. The summed E-state index contributed by atoms with van der Waals surface area (Å²) in [6.45, 7) is 2.05. The molecule has 0 radical (unpaired) electrons. The van der Waals surface area contributed by atoms with Crippen LogP contribution in [-0.2, 0) is 0 Å². The molecule has 0 aliphatic rings. The highest BCUT2D eigenvalue weighted by Gasteiger charge is 2.10. The van der Waals surface area contributed by atoms with Crippen molar-refractivity contribution in [3.63, 3.8) is 0 Å². The molecule has 0 aliphatic heterocycles. The molecule has 4 nitrogen and oxygen atoms in total. The average molecular weight is 279 g/mol. The third-order valence-corrected chi connectivity index (χ3v) is 3.37. The predicted octanol–water partition coefficient (Wildman–Crippen LogP) is 3.78. The zero-order valence-corrected chi connectivity index (χ0v) is 12.4. The van der Waals surface area contributed by atoms with Crippen molar-refractivity contribution in [2.24, 2.45) is 0 Å². The van der Waals surface area contributed by atoms with E-state index in [1.165, 1.54) is 5.56 Å². The molecule has 4 heteroatoms. The molecule has 0 N–H and O–H groups in total. The molecule has 2 aromatic carbocycles. The summed E-state index contributed by atoms with van der Waals surface area (Å²) in [4.78, 5) is 6.52. The van der Waals surface area contributed by atoms with E-state index < -0.39 is 0 Å². The fraction of sp³-hybridized carbons (Fsp3) is 0.176. The van der Waals surface area contributed by atoms with Crippen molar-refractivity contribution in [2.45, 2.75) is 6.92 Å². The molecule has 1 heterocycles. The number of nitrogens with zero attached hydrogens (tertiary/aromatic N) is 3. The lowest BCUT2D eigenvalue weighted by molar-refractivity contribution is 0.432. The first-order valence-electron chi connectivity index (χ1n) is 6.82. The van der Waals surface area contributed by atoms with Crippen LogP contribution < -0.4 is 4.90 Å². The smallest absolute Gasteiger partial charge is 0.258 e. The van der Waals surface area contributed by atoms with E-state index in [2.05, 4.69) is 22.0 Å². The maximum atomic E-state index is 5.35. The number of hydrogen-bond acceptors (Lipinski definition) is 4. The number of hydrogen-bond donors (Lipinski definition) is 0. The number of benzene rings is 2. The van der Waals surface area contributed by atoms with Gasteiger partial charge >= 0.3 is 0 Å². The fourth-order valence-electron chi connectivity index (χ4n) is 2.06. The van der Waals surface area contributed by atoms with Crippen LogP contribution in [0.2, 0.25) is 0 Å². The van der Waals surface area contributed by atoms with E-state index >= 15 is 0 Å². The Labute approximate surface area is 124 Å². The normalized spacial score (nSPS) is 10.6. The van der Waals surface area contributed by atoms with Gasteiger partial charge in [0.1, 0.15) is 0 Å². The molecule has 0 aliphatic carbocycles. The van der Waals surface area contributed by atoms with Gasteiger partial charge in [-0.3, -0.25) is 0 Å². The van der Waals surface area contributed by atoms with Crippen molar-refractivity contribution in [1.82, 2.24) is 10.1 Å². The third-order valence-electron chi connectivity index (χ3n) is 3.37. The Bertz CT molecular complexity index is 727. The molecule has 0 bridgehead atoms. The molecule has 0 saturated heterocycles. The summed E-state index contributed by atoms with van der Waals surface area (Å²) in [5.41, 5.74) is 4.23. The molecule has 0 saturated carbocycles. The summed E-state index contributed by atoms with van der Waals surface area (Å²) in [5.74, 6) is 1.15. The van der Waals surface area contributed by atoms with Gasteiger partial charge in [0.25, 0.3) is 5.89 Å². The van der Waals surface area contributed by atoms with Gasteiger partial charge in [-0.25, -0.2) is 0 Å². The van der Waals surface area contributed by atoms with Crippen LogP contribution in [0.3, 0.4) is 0 Å². The second kappa shape index (κ2) is 5.40. The van der Waals surface area contributed by atoms with E-state index in [9.17, 15) is 0 Å². The van der Waals surface area contributed by atoms with Crippen molar-refractivity contribution in [3.8, 4) is 22.8 Å². The Kier molecular flexibility index (Phi) is 3.44. The summed E-state index contributed by atoms with van der Waals surface area (Å²) >= 11 is 0. The molecule has 0 fully saturated rings. The zero-order chi connectivity index (χ0) is 14.8. The van der Waals surface area contributed by atoms with Gasteiger partial charge in [0.2, 0.25) is 5.82 Å². The monoisotopic (exact) mass is 279 g/mol. The Hall–Kier alpha value is -2.62. The highest BCUT2D eigenvalue weighted by molar-refractivity contribution is 5.62. The minimum absolute atomic E-state index is 0.543. The van der Waals surface area contributed by atoms with Crippen molar-refractivity contribution in [2.75, 3.05) is 19.0 Å². The molecule has 1 aromatic heterocycles. The van der Waals surface area contributed by atoms with Crippen LogP contribution in [-0.4, -0.2) is 24.2 Å². The van der Waals surface area contributed by atoms with Crippen LogP contribution in [0, 0.1) is 6.92 Å². The number of aryl methyl sites for hydroxylation is 1. The number of aromatic nitrogens is 2. The van der Waals surface area contributed by atoms with Crippen LogP contribution in [0.15, 0.2) is 53.1 Å². The van der Waals surface area contributed by atoms with E-state index in [-0.39, 0.29) is 0 Å². The lowest BCUT2D eigenvalue weighted by Crippen LogP contribution is -2.07. The molecule has 0 spiro atoms. The van der Waals surface area contributed by atoms with Crippen LogP contribution in [0.4, 0.5) is 5.69 Å². The summed E-state index contributed by atoms with van der Waals surface area (Å²) in [6, 6.07) is 16.1. The van der Waals surface area contributed by atoms with Gasteiger partial charge in [0.15, 0.2) is 0 Å². The number of rotatable bonds is 3. The maximum absolute atomic E-state index is 5.35. The topological polar surface area (TPSA) is 42.2 Å². The van der Waals surface area contributed by atoms with E-state index in [1.807, 2.05) is 62.6 Å². The molecule has 106 valence electrons. The van der Waals surface area contributed by atoms with Gasteiger partial charge in [-0.2, -0.15) is 4.98 Å². The summed E-state index contributed by atoms with van der Waals surface area (Å²) in [6.07, 6.45) is 0. The van der Waals surface area contributed by atoms with E-state index in [0.717, 1.165) is 16.8 Å². The van der Waals surface area contributed by atoms with Crippen molar-refractivity contribution in [1.29, 1.82) is 0 Å². The molecule has 0 unspecified atom stereocenters. The third kappa shape index (κ3) is 2.79. The van der Waals surface area contributed by atoms with Gasteiger partial charge in [-0.1, -0.05) is 22.9 Å². The van der Waals surface area contributed by atoms with Crippen molar-refractivity contribution < 1.29 is 4.52 Å². The van der Waals surface area contributed by atoms with Crippen molar-refractivity contribution in [3.05, 3.63) is 54.1 Å². The minimum atomic E-state index is 0.543. The Morgan fingerprint density at radius 2 is 1.48 bits per heavy atom. The first-order chi connectivity index (χ1) is 10.1. The Morgan fingerprint density at radius 1 is 0.857 bits per heavy atom. The van der Waals surface area contributed by atoms with Crippen molar-refractivity contribution >= 4 is 5.69 Å². The fourth-order valence-corrected chi connectivity index (χ4v) is 2.06. The van der Waals surface area contributed by atoms with Gasteiger partial charge in [-0.05, 0) is 43.3 Å². The molecule has 0 amide bonds. The van der Waals surface area contributed by atoms with Gasteiger partial charge in [0, 0.05) is 30.9 Å². The quantitative estimate of drug-likeness (QED) is 0.731. The van der Waals surface area contributed by atoms with Gasteiger partial charge in [-0.15, -0.1) is 0 Å². The SMILES string of the molecule is Cc1ccc(-c2nc(-c3ccc(N(C)C)cc3)no2)cc1. The lowest BCUT2D eigenvalue weighted by atomic mass is 10.1.